The smallest absolute Gasteiger partial charge is 0.251 e. The lowest BCUT2D eigenvalue weighted by Crippen LogP contribution is -2.25. The number of amides is 1. The van der Waals surface area contributed by atoms with E-state index in [9.17, 15) is 17.6 Å². The molecule has 1 aromatic heterocycles. The van der Waals surface area contributed by atoms with Gasteiger partial charge in [-0.3, -0.25) is 14.5 Å². The second kappa shape index (κ2) is 8.23. The molecule has 0 aliphatic carbocycles. The molecule has 0 aliphatic rings. The number of halogens is 1. The van der Waals surface area contributed by atoms with E-state index < -0.39 is 15.9 Å². The number of hydrogen-bond acceptors (Lipinski definition) is 5. The molecule has 2 N–H and O–H groups in total. The molecule has 3 aromatic rings. The zero-order valence-corrected chi connectivity index (χ0v) is 17.2. The summed E-state index contributed by atoms with van der Waals surface area (Å²) in [5.41, 5.74) is 0.901. The van der Waals surface area contributed by atoms with Gasteiger partial charge in [-0.15, -0.1) is 0 Å². The third kappa shape index (κ3) is 4.42. The zero-order valence-electron chi connectivity index (χ0n) is 15.6. The Morgan fingerprint density at radius 3 is 2.38 bits per heavy atom. The average Bonchev–Trinajstić information content (AvgIpc) is 3.07. The molecule has 0 bridgehead atoms. The Kier molecular flexibility index (Phi) is 5.91. The molecule has 1 heterocycles. The van der Waals surface area contributed by atoms with Gasteiger partial charge in [-0.25, -0.2) is 17.1 Å². The second-order valence-electron chi connectivity index (χ2n) is 6.25. The molecule has 2 aromatic carbocycles. The van der Waals surface area contributed by atoms with E-state index in [1.807, 2.05) is 0 Å². The summed E-state index contributed by atoms with van der Waals surface area (Å²) >= 11 is 5.21. The van der Waals surface area contributed by atoms with Crippen LogP contribution in [0.3, 0.4) is 0 Å². The van der Waals surface area contributed by atoms with E-state index in [0.29, 0.717) is 21.8 Å². The molecule has 0 unspecified atom stereocenters. The normalized spacial score (nSPS) is 11.6. The van der Waals surface area contributed by atoms with Crippen LogP contribution in [0.15, 0.2) is 53.4 Å². The summed E-state index contributed by atoms with van der Waals surface area (Å²) in [6, 6.07) is 11.3. The van der Waals surface area contributed by atoms with E-state index in [1.165, 1.54) is 50.5 Å². The van der Waals surface area contributed by atoms with Crippen molar-refractivity contribution < 1.29 is 17.6 Å². The van der Waals surface area contributed by atoms with Crippen molar-refractivity contribution in [3.63, 3.8) is 0 Å². The highest BCUT2D eigenvalue weighted by Crippen LogP contribution is 2.15. The third-order valence-electron chi connectivity index (χ3n) is 4.13. The van der Waals surface area contributed by atoms with Crippen LogP contribution in [0.2, 0.25) is 0 Å². The highest BCUT2D eigenvalue weighted by atomic mass is 32.2. The van der Waals surface area contributed by atoms with Gasteiger partial charge in [-0.1, -0.05) is 0 Å². The lowest BCUT2D eigenvalue weighted by molar-refractivity contribution is 0.0949. The molecule has 152 valence electrons. The largest absolute Gasteiger partial charge is 0.345 e. The van der Waals surface area contributed by atoms with Gasteiger partial charge < -0.3 is 5.32 Å². The number of sulfonamides is 1. The second-order valence-corrected chi connectivity index (χ2v) is 8.79. The number of rotatable bonds is 6. The Morgan fingerprint density at radius 1 is 1.17 bits per heavy atom. The van der Waals surface area contributed by atoms with Crippen LogP contribution in [0, 0.1) is 10.6 Å². The van der Waals surface area contributed by atoms with E-state index in [0.717, 1.165) is 4.31 Å². The summed E-state index contributed by atoms with van der Waals surface area (Å²) in [5, 5.41) is 9.45. The summed E-state index contributed by atoms with van der Waals surface area (Å²) in [7, 11) is -0.697. The molecule has 29 heavy (non-hydrogen) atoms. The molecule has 8 nitrogen and oxygen atoms in total. The van der Waals surface area contributed by atoms with Crippen LogP contribution in [0.1, 0.15) is 16.2 Å². The van der Waals surface area contributed by atoms with Crippen molar-refractivity contribution in [1.29, 1.82) is 0 Å². The van der Waals surface area contributed by atoms with Gasteiger partial charge in [0.1, 0.15) is 5.82 Å². The highest BCUT2D eigenvalue weighted by molar-refractivity contribution is 7.89. The number of nitrogens with one attached hydrogen (secondary N) is 2. The van der Waals surface area contributed by atoms with Crippen LogP contribution in [-0.4, -0.2) is 47.5 Å². The highest BCUT2D eigenvalue weighted by Gasteiger charge is 2.18. The van der Waals surface area contributed by atoms with Crippen molar-refractivity contribution in [3.05, 3.63) is 70.5 Å². The fourth-order valence-electron chi connectivity index (χ4n) is 2.56. The van der Waals surface area contributed by atoms with Crippen molar-refractivity contribution in [2.24, 2.45) is 0 Å². The molecule has 0 radical (unpaired) electrons. The number of aromatic nitrogens is 3. The predicted octanol–water partition coefficient (Wildman–Crippen LogP) is 2.25. The van der Waals surface area contributed by atoms with Crippen LogP contribution in [0.25, 0.3) is 5.69 Å². The van der Waals surface area contributed by atoms with Gasteiger partial charge >= 0.3 is 0 Å². The summed E-state index contributed by atoms with van der Waals surface area (Å²) < 4.78 is 40.3. The summed E-state index contributed by atoms with van der Waals surface area (Å²) in [6.45, 7) is 0.0566. The number of carbonyl (C=O) groups excluding carboxylic acids is 1. The molecular formula is C18H18FN5O3S2. The van der Waals surface area contributed by atoms with Gasteiger partial charge in [0.15, 0.2) is 10.6 Å². The van der Waals surface area contributed by atoms with E-state index >= 15 is 0 Å². The van der Waals surface area contributed by atoms with E-state index in [4.69, 9.17) is 12.2 Å². The Bertz CT molecular complexity index is 1180. The van der Waals surface area contributed by atoms with Gasteiger partial charge in [0.2, 0.25) is 10.0 Å². The molecule has 0 saturated heterocycles. The van der Waals surface area contributed by atoms with Gasteiger partial charge in [0, 0.05) is 25.3 Å². The lowest BCUT2D eigenvalue weighted by Gasteiger charge is -2.12. The first-order valence-electron chi connectivity index (χ1n) is 8.43. The Morgan fingerprint density at radius 2 is 1.79 bits per heavy atom. The van der Waals surface area contributed by atoms with Gasteiger partial charge in [0.05, 0.1) is 11.4 Å². The SMILES string of the molecule is CN(C)S(=O)(=O)c1ccc(C(=O)NCc2n[nH]c(=S)n2-c2ccc(F)cc2)cc1. The van der Waals surface area contributed by atoms with Crippen molar-refractivity contribution >= 4 is 28.1 Å². The first kappa shape index (κ1) is 20.8. The minimum Gasteiger partial charge on any atom is -0.345 e. The number of H-pyrrole nitrogens is 1. The zero-order chi connectivity index (χ0) is 21.2. The Hall–Kier alpha value is -2.89. The number of hydrogen-bond donors (Lipinski definition) is 2. The van der Waals surface area contributed by atoms with E-state index in [2.05, 4.69) is 15.5 Å². The topological polar surface area (TPSA) is 100 Å². The molecule has 0 aliphatic heterocycles. The van der Waals surface area contributed by atoms with Crippen LogP contribution in [-0.2, 0) is 16.6 Å². The summed E-state index contributed by atoms with van der Waals surface area (Å²) in [5.74, 6) is -0.349. The average molecular weight is 436 g/mol. The Labute approximate surface area is 172 Å². The van der Waals surface area contributed by atoms with Crippen molar-refractivity contribution in [2.75, 3.05) is 14.1 Å². The van der Waals surface area contributed by atoms with Crippen LogP contribution in [0.4, 0.5) is 4.39 Å². The molecule has 0 saturated carbocycles. The first-order chi connectivity index (χ1) is 13.7. The predicted molar refractivity (Wildman–Crippen MR) is 107 cm³/mol. The third-order valence-corrected chi connectivity index (χ3v) is 6.23. The fraction of sp³-hybridized carbons (Fsp3) is 0.167. The minimum absolute atomic E-state index is 0.0566. The van der Waals surface area contributed by atoms with Crippen LogP contribution in [0.5, 0.6) is 0 Å². The standard InChI is InChI=1S/C18H18FN5O3S2/c1-23(2)29(26,27)15-9-3-12(4-10-15)17(25)20-11-16-21-22-18(28)24(16)14-7-5-13(19)6-8-14/h3-10H,11H2,1-2H3,(H,20,25)(H,22,28). The van der Waals surface area contributed by atoms with Gasteiger partial charge in [-0.05, 0) is 60.7 Å². The molecule has 0 atom stereocenters. The molecule has 0 fully saturated rings. The van der Waals surface area contributed by atoms with Crippen molar-refractivity contribution in [1.82, 2.24) is 24.4 Å². The quantitative estimate of drug-likeness (QED) is 0.579. The number of carbonyl (C=O) groups is 1. The van der Waals surface area contributed by atoms with Crippen LogP contribution < -0.4 is 5.32 Å². The number of aromatic amines is 1. The summed E-state index contributed by atoms with van der Waals surface area (Å²) in [4.78, 5) is 12.5. The number of nitrogens with zero attached hydrogens (tertiary/aromatic N) is 3. The Balaban J connectivity index is 1.75. The van der Waals surface area contributed by atoms with Crippen LogP contribution >= 0.6 is 12.2 Å². The molecule has 0 spiro atoms. The molecule has 3 rings (SSSR count). The van der Waals surface area contributed by atoms with Gasteiger partial charge in [-0.2, -0.15) is 5.10 Å². The molecule has 11 heteroatoms. The fourth-order valence-corrected chi connectivity index (χ4v) is 3.71. The van der Waals surface area contributed by atoms with Crippen molar-refractivity contribution in [3.8, 4) is 5.69 Å². The van der Waals surface area contributed by atoms with E-state index in [1.54, 1.807) is 16.7 Å². The van der Waals surface area contributed by atoms with E-state index in [-0.39, 0.29) is 17.3 Å². The number of benzene rings is 2. The van der Waals surface area contributed by atoms with Gasteiger partial charge in [0.25, 0.3) is 5.91 Å². The van der Waals surface area contributed by atoms with Crippen molar-refractivity contribution in [2.45, 2.75) is 11.4 Å². The molecular weight excluding hydrogens is 417 g/mol. The maximum absolute atomic E-state index is 13.2. The lowest BCUT2D eigenvalue weighted by atomic mass is 10.2. The maximum atomic E-state index is 13.2. The maximum Gasteiger partial charge on any atom is 0.251 e. The minimum atomic E-state index is -3.57. The summed E-state index contributed by atoms with van der Waals surface area (Å²) in [6.07, 6.45) is 0. The molecule has 1 amide bonds. The first-order valence-corrected chi connectivity index (χ1v) is 10.3. The monoisotopic (exact) mass is 435 g/mol.